The van der Waals surface area contributed by atoms with Crippen molar-refractivity contribution in [3.8, 4) is 0 Å². The van der Waals surface area contributed by atoms with Gasteiger partial charge in [-0.05, 0) is 51.4 Å². The molecule has 3 N–H and O–H groups in total. The molecule has 0 aliphatic carbocycles. The number of carbonyl (C=O) groups is 2. The number of aliphatic hydroxyl groups excluding tert-OH is 2. The van der Waals surface area contributed by atoms with E-state index in [2.05, 4.69) is 43.5 Å². The minimum Gasteiger partial charge on any atom is -0.465 e. The second kappa shape index (κ2) is 57.7. The standard InChI is InChI=1S/C62H117NO5/c1-3-5-7-9-11-13-15-17-18-24-28-32-36-40-44-48-52-56-62(67)68-57-53-49-45-41-37-33-29-26-23-21-19-20-22-25-27-31-35-39-43-47-51-55-61(66)63-59(58-64)60(65)54-50-46-42-38-34-30-16-14-12-10-8-6-4-2/h33,37,45,49-50,54,59-60,64-65H,3-32,34-36,38-44,46-48,51-53,55-58H2,1-2H3,(H,63,66)/b37-33-,49-45-,54-50+. The molecule has 2 atom stereocenters. The van der Waals surface area contributed by atoms with Crippen LogP contribution in [0.1, 0.15) is 322 Å². The zero-order valence-electron chi connectivity index (χ0n) is 45.6. The number of allylic oxidation sites excluding steroid dienone is 4. The fourth-order valence-electron chi connectivity index (χ4n) is 9.30. The molecule has 68 heavy (non-hydrogen) atoms. The first kappa shape index (κ1) is 66.1. The summed E-state index contributed by atoms with van der Waals surface area (Å²) in [6.07, 6.45) is 71.9. The second-order valence-electron chi connectivity index (χ2n) is 20.7. The van der Waals surface area contributed by atoms with Crippen LogP contribution in [0.3, 0.4) is 0 Å². The predicted molar refractivity (Wildman–Crippen MR) is 296 cm³/mol. The Kier molecular flexibility index (Phi) is 56.0. The summed E-state index contributed by atoms with van der Waals surface area (Å²) in [5.74, 6) is -0.105. The van der Waals surface area contributed by atoms with Crippen LogP contribution in [-0.2, 0) is 14.3 Å². The molecule has 0 fully saturated rings. The molecule has 0 spiro atoms. The van der Waals surface area contributed by atoms with E-state index in [1.807, 2.05) is 6.08 Å². The Morgan fingerprint density at radius 2 is 0.735 bits per heavy atom. The van der Waals surface area contributed by atoms with E-state index in [1.165, 1.54) is 244 Å². The SMILES string of the molecule is CCCCCCCCCCCCC/C=C/C(O)C(CO)NC(=O)CCCCCCCCCCCCCCCC/C=C\C/C=C\CCOC(=O)CCCCCCCCCCCCCCCCCCC. The third kappa shape index (κ3) is 53.4. The van der Waals surface area contributed by atoms with Gasteiger partial charge in [0.2, 0.25) is 5.91 Å². The van der Waals surface area contributed by atoms with Crippen LogP contribution in [0.25, 0.3) is 0 Å². The molecule has 0 saturated heterocycles. The van der Waals surface area contributed by atoms with Crippen LogP contribution in [0.5, 0.6) is 0 Å². The molecule has 2 unspecified atom stereocenters. The highest BCUT2D eigenvalue weighted by molar-refractivity contribution is 5.76. The molecule has 0 rings (SSSR count). The summed E-state index contributed by atoms with van der Waals surface area (Å²) < 4.78 is 5.43. The Bertz CT molecular complexity index is 1100. The van der Waals surface area contributed by atoms with Gasteiger partial charge in [-0.2, -0.15) is 0 Å². The zero-order chi connectivity index (χ0) is 49.3. The summed E-state index contributed by atoms with van der Waals surface area (Å²) >= 11 is 0. The summed E-state index contributed by atoms with van der Waals surface area (Å²) in [5.41, 5.74) is 0. The van der Waals surface area contributed by atoms with E-state index in [9.17, 15) is 19.8 Å². The van der Waals surface area contributed by atoms with Crippen LogP contribution in [0, 0.1) is 0 Å². The van der Waals surface area contributed by atoms with Crippen molar-refractivity contribution in [3.05, 3.63) is 36.5 Å². The smallest absolute Gasteiger partial charge is 0.305 e. The molecule has 0 aliphatic heterocycles. The van der Waals surface area contributed by atoms with Crippen LogP contribution < -0.4 is 5.32 Å². The number of amides is 1. The number of carbonyl (C=O) groups excluding carboxylic acids is 2. The Balaban J connectivity index is 3.45. The maximum absolute atomic E-state index is 12.4. The van der Waals surface area contributed by atoms with Gasteiger partial charge in [0.1, 0.15) is 0 Å². The van der Waals surface area contributed by atoms with Gasteiger partial charge in [-0.15, -0.1) is 0 Å². The Hall–Kier alpha value is -1.92. The largest absolute Gasteiger partial charge is 0.465 e. The average molecular weight is 957 g/mol. The van der Waals surface area contributed by atoms with Gasteiger partial charge in [0.05, 0.1) is 25.4 Å². The highest BCUT2D eigenvalue weighted by Crippen LogP contribution is 2.17. The van der Waals surface area contributed by atoms with Gasteiger partial charge >= 0.3 is 5.97 Å². The molecule has 6 nitrogen and oxygen atoms in total. The minimum atomic E-state index is -0.847. The fourth-order valence-corrected chi connectivity index (χ4v) is 9.30. The fraction of sp³-hybridized carbons (Fsp3) is 0.871. The number of ether oxygens (including phenoxy) is 1. The van der Waals surface area contributed by atoms with Crippen molar-refractivity contribution in [3.63, 3.8) is 0 Å². The van der Waals surface area contributed by atoms with E-state index in [1.54, 1.807) is 6.08 Å². The molecule has 0 saturated carbocycles. The van der Waals surface area contributed by atoms with E-state index in [4.69, 9.17) is 4.74 Å². The van der Waals surface area contributed by atoms with E-state index >= 15 is 0 Å². The first-order valence-corrected chi connectivity index (χ1v) is 30.3. The lowest BCUT2D eigenvalue weighted by Gasteiger charge is -2.20. The number of hydrogen-bond acceptors (Lipinski definition) is 5. The van der Waals surface area contributed by atoms with Crippen molar-refractivity contribution < 1.29 is 24.5 Å². The Morgan fingerprint density at radius 1 is 0.412 bits per heavy atom. The highest BCUT2D eigenvalue weighted by Gasteiger charge is 2.18. The lowest BCUT2D eigenvalue weighted by atomic mass is 10.0. The number of aliphatic hydroxyl groups is 2. The maximum Gasteiger partial charge on any atom is 0.305 e. The number of rotatable bonds is 56. The van der Waals surface area contributed by atoms with E-state index in [-0.39, 0.29) is 18.5 Å². The molecule has 0 radical (unpaired) electrons. The van der Waals surface area contributed by atoms with Crippen LogP contribution in [0.4, 0.5) is 0 Å². The van der Waals surface area contributed by atoms with Crippen molar-refractivity contribution in [1.82, 2.24) is 5.32 Å². The predicted octanol–water partition coefficient (Wildman–Crippen LogP) is 18.8. The highest BCUT2D eigenvalue weighted by atomic mass is 16.5. The molecule has 400 valence electrons. The first-order valence-electron chi connectivity index (χ1n) is 30.3. The summed E-state index contributed by atoms with van der Waals surface area (Å²) in [4.78, 5) is 24.5. The molecule has 0 aliphatic rings. The summed E-state index contributed by atoms with van der Waals surface area (Å²) in [5, 5.41) is 23.1. The lowest BCUT2D eigenvalue weighted by Crippen LogP contribution is -2.45. The number of unbranched alkanes of at least 4 members (excludes halogenated alkanes) is 41. The van der Waals surface area contributed by atoms with Gasteiger partial charge in [0.25, 0.3) is 0 Å². The van der Waals surface area contributed by atoms with Gasteiger partial charge in [-0.25, -0.2) is 0 Å². The topological polar surface area (TPSA) is 95.9 Å². The quantitative estimate of drug-likeness (QED) is 0.0321. The molecule has 1 amide bonds. The van der Waals surface area contributed by atoms with Gasteiger partial charge in [0.15, 0.2) is 0 Å². The molecular weight excluding hydrogens is 839 g/mol. The average Bonchev–Trinajstić information content (AvgIpc) is 3.34. The third-order valence-electron chi connectivity index (χ3n) is 13.9. The summed E-state index contributed by atoms with van der Waals surface area (Å²) in [6, 6.07) is -0.631. The molecule has 0 heterocycles. The van der Waals surface area contributed by atoms with Crippen LogP contribution in [0.2, 0.25) is 0 Å². The van der Waals surface area contributed by atoms with Crippen molar-refractivity contribution in [2.45, 2.75) is 334 Å². The Labute approximate surface area is 424 Å². The van der Waals surface area contributed by atoms with Crippen molar-refractivity contribution in [2.24, 2.45) is 0 Å². The van der Waals surface area contributed by atoms with Crippen LogP contribution in [-0.4, -0.2) is 47.4 Å². The molecule has 0 aromatic heterocycles. The van der Waals surface area contributed by atoms with E-state index < -0.39 is 12.1 Å². The van der Waals surface area contributed by atoms with Crippen molar-refractivity contribution in [1.29, 1.82) is 0 Å². The molecule has 6 heteroatoms. The first-order chi connectivity index (χ1) is 33.5. The molecular formula is C62H117NO5. The molecule has 0 aromatic rings. The van der Waals surface area contributed by atoms with E-state index in [0.717, 1.165) is 51.4 Å². The van der Waals surface area contributed by atoms with Crippen LogP contribution in [0.15, 0.2) is 36.5 Å². The second-order valence-corrected chi connectivity index (χ2v) is 20.7. The Morgan fingerprint density at radius 3 is 1.12 bits per heavy atom. The monoisotopic (exact) mass is 956 g/mol. The molecule has 0 aromatic carbocycles. The number of esters is 1. The van der Waals surface area contributed by atoms with Gasteiger partial charge in [-0.1, -0.05) is 294 Å². The summed E-state index contributed by atoms with van der Waals surface area (Å²) in [7, 11) is 0. The third-order valence-corrected chi connectivity index (χ3v) is 13.9. The summed E-state index contributed by atoms with van der Waals surface area (Å²) in [6.45, 7) is 4.80. The van der Waals surface area contributed by atoms with Crippen molar-refractivity contribution in [2.75, 3.05) is 13.2 Å². The normalized spacial score (nSPS) is 12.8. The molecule has 0 bridgehead atoms. The minimum absolute atomic E-state index is 0.0320. The van der Waals surface area contributed by atoms with Gasteiger partial charge in [-0.3, -0.25) is 9.59 Å². The number of nitrogens with one attached hydrogen (secondary N) is 1. The van der Waals surface area contributed by atoms with Gasteiger partial charge in [0, 0.05) is 12.8 Å². The van der Waals surface area contributed by atoms with E-state index in [0.29, 0.717) is 19.4 Å². The van der Waals surface area contributed by atoms with Crippen molar-refractivity contribution >= 4 is 11.9 Å². The van der Waals surface area contributed by atoms with Gasteiger partial charge < -0.3 is 20.3 Å². The number of hydrogen-bond donors (Lipinski definition) is 3. The maximum atomic E-state index is 12.4. The lowest BCUT2D eigenvalue weighted by molar-refractivity contribution is -0.143. The van der Waals surface area contributed by atoms with Crippen LogP contribution >= 0.6 is 0 Å². The zero-order valence-corrected chi connectivity index (χ0v) is 45.6.